The summed E-state index contributed by atoms with van der Waals surface area (Å²) in [5.41, 5.74) is 7.68. The molecule has 0 unspecified atom stereocenters. The number of nitrogens with two attached hydrogens (primary N) is 1. The van der Waals surface area contributed by atoms with Crippen molar-refractivity contribution in [1.29, 1.82) is 0 Å². The minimum Gasteiger partial charge on any atom is -0.507 e. The zero-order valence-corrected chi connectivity index (χ0v) is 17.5. The van der Waals surface area contributed by atoms with Crippen LogP contribution in [0.3, 0.4) is 0 Å². The maximum absolute atomic E-state index is 14.4. The number of pyridine rings is 1. The Morgan fingerprint density at radius 1 is 0.882 bits per heavy atom. The number of aromatic nitrogens is 1. The van der Waals surface area contributed by atoms with Crippen LogP contribution in [0.15, 0.2) is 72.8 Å². The number of carboxylic acid groups (broad SMARTS) is 1. The number of nitrogens with zero attached hydrogens (tertiary/aromatic N) is 1. The van der Waals surface area contributed by atoms with Gasteiger partial charge >= 0.3 is 5.97 Å². The molecular weight excluding hydrogens is 446 g/mol. The lowest BCUT2D eigenvalue weighted by Gasteiger charge is -2.12. The van der Waals surface area contributed by atoms with E-state index in [0.29, 0.717) is 12.6 Å². The number of halogens is 2. The molecule has 4 aromatic rings. The first-order valence-electron chi connectivity index (χ1n) is 10.0. The molecule has 0 amide bonds. The molecule has 0 bridgehead atoms. The fourth-order valence-electron chi connectivity index (χ4n) is 3.23. The summed E-state index contributed by atoms with van der Waals surface area (Å²) >= 11 is 0. The van der Waals surface area contributed by atoms with Crippen molar-refractivity contribution in [2.75, 3.05) is 0 Å². The molecular formula is C25H18F2N2O5. The van der Waals surface area contributed by atoms with Crippen molar-refractivity contribution in [2.24, 2.45) is 5.73 Å². The van der Waals surface area contributed by atoms with Gasteiger partial charge in [-0.15, -0.1) is 0 Å². The normalized spacial score (nSPS) is 10.7. The zero-order valence-electron chi connectivity index (χ0n) is 17.5. The highest BCUT2D eigenvalue weighted by atomic mass is 19.1. The predicted molar refractivity (Wildman–Crippen MR) is 119 cm³/mol. The van der Waals surface area contributed by atoms with Crippen molar-refractivity contribution < 1.29 is 33.3 Å². The third-order valence-electron chi connectivity index (χ3n) is 4.83. The summed E-state index contributed by atoms with van der Waals surface area (Å²) in [6, 6.07) is 18.5. The van der Waals surface area contributed by atoms with E-state index in [1.54, 1.807) is 18.2 Å². The second-order valence-corrected chi connectivity index (χ2v) is 7.15. The lowest BCUT2D eigenvalue weighted by atomic mass is 10.0. The fourth-order valence-corrected chi connectivity index (χ4v) is 3.23. The summed E-state index contributed by atoms with van der Waals surface area (Å²) in [5.74, 6) is -5.81. The van der Waals surface area contributed by atoms with Crippen LogP contribution in [0, 0.1) is 11.6 Å². The summed E-state index contributed by atoms with van der Waals surface area (Å²) in [7, 11) is 0. The standard InChI is InChI=1S/C25H18F2N2O5/c26-18-12-19(27)24(34-21-9-3-8-20(30)22(21)25(31)32)29-23(18)33-17-7-2-6-16(11-17)15-5-1-4-14(10-15)13-28/h1-12,30H,13,28H2,(H,31,32). The van der Waals surface area contributed by atoms with Crippen LogP contribution in [0.1, 0.15) is 15.9 Å². The smallest absolute Gasteiger partial charge is 0.343 e. The number of aromatic carboxylic acids is 1. The number of rotatable bonds is 7. The molecule has 4 N–H and O–H groups in total. The van der Waals surface area contributed by atoms with Gasteiger partial charge in [0.15, 0.2) is 11.6 Å². The fraction of sp³-hybridized carbons (Fsp3) is 0.0400. The van der Waals surface area contributed by atoms with Gasteiger partial charge in [0, 0.05) is 12.6 Å². The Morgan fingerprint density at radius 3 is 2.24 bits per heavy atom. The van der Waals surface area contributed by atoms with E-state index < -0.39 is 40.7 Å². The number of carboxylic acids is 1. The highest BCUT2D eigenvalue weighted by Gasteiger charge is 2.21. The maximum Gasteiger partial charge on any atom is 0.343 e. The van der Waals surface area contributed by atoms with Crippen LogP contribution in [0.4, 0.5) is 8.78 Å². The molecule has 1 heterocycles. The molecule has 0 radical (unpaired) electrons. The minimum atomic E-state index is -1.50. The second-order valence-electron chi connectivity index (χ2n) is 7.15. The number of hydrogen-bond acceptors (Lipinski definition) is 6. The maximum atomic E-state index is 14.4. The highest BCUT2D eigenvalue weighted by Crippen LogP contribution is 2.34. The first-order valence-corrected chi connectivity index (χ1v) is 10.0. The lowest BCUT2D eigenvalue weighted by Crippen LogP contribution is -2.03. The third kappa shape index (κ3) is 4.79. The highest BCUT2D eigenvalue weighted by molar-refractivity contribution is 5.94. The quantitative estimate of drug-likeness (QED) is 0.332. The summed E-state index contributed by atoms with van der Waals surface area (Å²) in [6.07, 6.45) is 0. The van der Waals surface area contributed by atoms with Crippen LogP contribution < -0.4 is 15.2 Å². The Balaban J connectivity index is 1.65. The Labute approximate surface area is 192 Å². The molecule has 9 heteroatoms. The van der Waals surface area contributed by atoms with E-state index in [9.17, 15) is 23.8 Å². The summed E-state index contributed by atoms with van der Waals surface area (Å²) in [4.78, 5) is 15.2. The molecule has 0 spiro atoms. The molecule has 0 aliphatic carbocycles. The number of ether oxygens (including phenoxy) is 2. The van der Waals surface area contributed by atoms with E-state index in [0.717, 1.165) is 22.8 Å². The Kier molecular flexibility index (Phi) is 6.37. The van der Waals surface area contributed by atoms with Gasteiger partial charge in [0.05, 0.1) is 0 Å². The summed E-state index contributed by atoms with van der Waals surface area (Å²) < 4.78 is 39.5. The van der Waals surface area contributed by atoms with Crippen molar-refractivity contribution >= 4 is 5.97 Å². The third-order valence-corrected chi connectivity index (χ3v) is 4.83. The van der Waals surface area contributed by atoms with Gasteiger partial charge in [-0.3, -0.25) is 0 Å². The first-order chi connectivity index (χ1) is 16.4. The molecule has 0 saturated carbocycles. The molecule has 172 valence electrons. The van der Waals surface area contributed by atoms with Gasteiger partial charge in [-0.1, -0.05) is 36.4 Å². The molecule has 0 aliphatic rings. The van der Waals surface area contributed by atoms with Crippen LogP contribution in [0.25, 0.3) is 11.1 Å². The number of carbonyl (C=O) groups is 1. The summed E-state index contributed by atoms with van der Waals surface area (Å²) in [6.45, 7) is 0.375. The first kappa shape index (κ1) is 22.7. The lowest BCUT2D eigenvalue weighted by molar-refractivity contribution is 0.0690. The number of phenols is 1. The molecule has 0 fully saturated rings. The molecule has 0 aliphatic heterocycles. The van der Waals surface area contributed by atoms with Crippen LogP contribution in [0.5, 0.6) is 29.0 Å². The van der Waals surface area contributed by atoms with E-state index in [-0.39, 0.29) is 11.5 Å². The number of aromatic hydroxyl groups is 1. The number of benzene rings is 3. The van der Waals surface area contributed by atoms with Gasteiger partial charge in [0.25, 0.3) is 11.8 Å². The van der Waals surface area contributed by atoms with Gasteiger partial charge in [-0.05, 0) is 47.0 Å². The zero-order chi connectivity index (χ0) is 24.2. The van der Waals surface area contributed by atoms with Crippen molar-refractivity contribution in [1.82, 2.24) is 4.98 Å². The predicted octanol–water partition coefficient (Wildman–Crippen LogP) is 5.47. The van der Waals surface area contributed by atoms with Crippen LogP contribution in [-0.2, 0) is 6.54 Å². The van der Waals surface area contributed by atoms with Gasteiger partial charge in [-0.25, -0.2) is 13.6 Å². The van der Waals surface area contributed by atoms with Crippen molar-refractivity contribution in [3.8, 4) is 40.1 Å². The molecule has 7 nitrogen and oxygen atoms in total. The van der Waals surface area contributed by atoms with Gasteiger partial charge in [0.2, 0.25) is 0 Å². The molecule has 3 aromatic carbocycles. The van der Waals surface area contributed by atoms with Crippen molar-refractivity contribution in [3.05, 3.63) is 95.6 Å². The number of hydrogen-bond donors (Lipinski definition) is 3. The Hall–Kier alpha value is -4.50. The summed E-state index contributed by atoms with van der Waals surface area (Å²) in [5, 5.41) is 19.1. The van der Waals surface area contributed by atoms with E-state index >= 15 is 0 Å². The second kappa shape index (κ2) is 9.55. The largest absolute Gasteiger partial charge is 0.507 e. The van der Waals surface area contributed by atoms with Crippen molar-refractivity contribution in [2.45, 2.75) is 6.54 Å². The average Bonchev–Trinajstić information content (AvgIpc) is 2.82. The van der Waals surface area contributed by atoms with Gasteiger partial charge in [0.1, 0.15) is 22.8 Å². The van der Waals surface area contributed by atoms with Crippen molar-refractivity contribution in [3.63, 3.8) is 0 Å². The molecule has 0 atom stereocenters. The van der Waals surface area contributed by atoms with E-state index in [1.807, 2.05) is 30.3 Å². The van der Waals surface area contributed by atoms with E-state index in [4.69, 9.17) is 15.2 Å². The SMILES string of the molecule is NCc1cccc(-c2cccc(Oc3nc(Oc4cccc(O)c4C(=O)O)c(F)cc3F)c2)c1. The van der Waals surface area contributed by atoms with Crippen LogP contribution >= 0.6 is 0 Å². The van der Waals surface area contributed by atoms with Crippen LogP contribution in [0.2, 0.25) is 0 Å². The monoisotopic (exact) mass is 464 g/mol. The van der Waals surface area contributed by atoms with Gasteiger partial charge < -0.3 is 25.4 Å². The van der Waals surface area contributed by atoms with E-state index in [2.05, 4.69) is 4.98 Å². The minimum absolute atomic E-state index is 0.225. The van der Waals surface area contributed by atoms with E-state index in [1.165, 1.54) is 12.1 Å². The topological polar surface area (TPSA) is 115 Å². The Morgan fingerprint density at radius 2 is 1.53 bits per heavy atom. The Bertz CT molecular complexity index is 1380. The van der Waals surface area contributed by atoms with Crippen LogP contribution in [-0.4, -0.2) is 21.2 Å². The average molecular weight is 464 g/mol. The van der Waals surface area contributed by atoms with Gasteiger partial charge in [-0.2, -0.15) is 4.98 Å². The molecule has 0 saturated heterocycles. The molecule has 34 heavy (non-hydrogen) atoms. The molecule has 4 rings (SSSR count). The molecule has 1 aromatic heterocycles.